The summed E-state index contributed by atoms with van der Waals surface area (Å²) in [5.41, 5.74) is 6.44. The van der Waals surface area contributed by atoms with Crippen molar-refractivity contribution in [1.82, 2.24) is 19.8 Å². The molecule has 124 valence electrons. The zero-order valence-corrected chi connectivity index (χ0v) is 13.4. The third-order valence-electron chi connectivity index (χ3n) is 4.80. The van der Waals surface area contributed by atoms with E-state index in [0.717, 1.165) is 43.9 Å². The summed E-state index contributed by atoms with van der Waals surface area (Å²) >= 11 is 0. The zero-order valence-electron chi connectivity index (χ0n) is 13.4. The number of nitrogens with two attached hydrogens (primary N) is 1. The van der Waals surface area contributed by atoms with E-state index in [2.05, 4.69) is 14.9 Å². The highest BCUT2D eigenvalue weighted by Crippen LogP contribution is 2.25. The van der Waals surface area contributed by atoms with Gasteiger partial charge >= 0.3 is 0 Å². The van der Waals surface area contributed by atoms with Gasteiger partial charge in [-0.3, -0.25) is 14.5 Å². The summed E-state index contributed by atoms with van der Waals surface area (Å²) < 4.78 is 0. The SMILES string of the molecule is Cc1ncc(CN2CCC(N3CC(C(N)=O)CC3=O)CC2)cn1. The summed E-state index contributed by atoms with van der Waals surface area (Å²) in [5.74, 6) is 0.172. The molecule has 23 heavy (non-hydrogen) atoms. The Morgan fingerprint density at radius 1 is 1.30 bits per heavy atom. The molecule has 2 aliphatic heterocycles. The van der Waals surface area contributed by atoms with Gasteiger partial charge in [-0.1, -0.05) is 0 Å². The van der Waals surface area contributed by atoms with E-state index >= 15 is 0 Å². The predicted molar refractivity (Wildman–Crippen MR) is 84.1 cm³/mol. The number of likely N-dealkylation sites (tertiary alicyclic amines) is 2. The number of aryl methyl sites for hydroxylation is 1. The summed E-state index contributed by atoms with van der Waals surface area (Å²) in [4.78, 5) is 36.0. The average molecular weight is 317 g/mol. The minimum Gasteiger partial charge on any atom is -0.369 e. The number of piperidine rings is 1. The molecular formula is C16H23N5O2. The molecule has 1 atom stereocenters. The van der Waals surface area contributed by atoms with Crippen LogP contribution in [0.5, 0.6) is 0 Å². The average Bonchev–Trinajstić information content (AvgIpc) is 2.93. The summed E-state index contributed by atoms with van der Waals surface area (Å²) in [6.07, 6.45) is 5.88. The van der Waals surface area contributed by atoms with Crippen LogP contribution in [0.15, 0.2) is 12.4 Å². The lowest BCUT2D eigenvalue weighted by Crippen LogP contribution is -2.45. The molecule has 1 aromatic rings. The first kappa shape index (κ1) is 15.9. The lowest BCUT2D eigenvalue weighted by molar-refractivity contribution is -0.130. The van der Waals surface area contributed by atoms with Crippen molar-refractivity contribution in [2.75, 3.05) is 19.6 Å². The maximum absolute atomic E-state index is 12.1. The van der Waals surface area contributed by atoms with E-state index < -0.39 is 0 Å². The van der Waals surface area contributed by atoms with Gasteiger partial charge in [0.1, 0.15) is 5.82 Å². The van der Waals surface area contributed by atoms with E-state index in [0.29, 0.717) is 6.54 Å². The van der Waals surface area contributed by atoms with Crippen LogP contribution >= 0.6 is 0 Å². The molecule has 0 spiro atoms. The number of carbonyl (C=O) groups excluding carboxylic acids is 2. The molecular weight excluding hydrogens is 294 g/mol. The fourth-order valence-corrected chi connectivity index (χ4v) is 3.42. The van der Waals surface area contributed by atoms with Gasteiger partial charge in [0.05, 0.1) is 5.92 Å². The Morgan fingerprint density at radius 2 is 1.96 bits per heavy atom. The highest BCUT2D eigenvalue weighted by molar-refractivity contribution is 5.88. The molecule has 1 aromatic heterocycles. The number of amides is 2. The summed E-state index contributed by atoms with van der Waals surface area (Å²) in [6, 6.07) is 0.234. The molecule has 0 aliphatic carbocycles. The van der Waals surface area contributed by atoms with Gasteiger partial charge in [0.2, 0.25) is 11.8 Å². The Balaban J connectivity index is 1.51. The van der Waals surface area contributed by atoms with E-state index in [9.17, 15) is 9.59 Å². The molecule has 0 aromatic carbocycles. The second-order valence-corrected chi connectivity index (χ2v) is 6.50. The number of nitrogens with zero attached hydrogens (tertiary/aromatic N) is 4. The van der Waals surface area contributed by atoms with Crippen molar-refractivity contribution >= 4 is 11.8 Å². The molecule has 7 nitrogen and oxygen atoms in total. The molecule has 2 fully saturated rings. The fourth-order valence-electron chi connectivity index (χ4n) is 3.42. The molecule has 2 aliphatic rings. The van der Waals surface area contributed by atoms with Crippen LogP contribution < -0.4 is 5.73 Å². The summed E-state index contributed by atoms with van der Waals surface area (Å²) in [7, 11) is 0. The van der Waals surface area contributed by atoms with Crippen LogP contribution in [0.25, 0.3) is 0 Å². The smallest absolute Gasteiger partial charge is 0.223 e. The molecule has 0 radical (unpaired) electrons. The maximum Gasteiger partial charge on any atom is 0.223 e. The molecule has 0 bridgehead atoms. The number of carbonyl (C=O) groups is 2. The van der Waals surface area contributed by atoms with E-state index in [1.807, 2.05) is 24.2 Å². The van der Waals surface area contributed by atoms with Gasteiger partial charge in [0.15, 0.2) is 0 Å². The third kappa shape index (κ3) is 3.67. The lowest BCUT2D eigenvalue weighted by Gasteiger charge is -2.36. The Morgan fingerprint density at radius 3 is 2.52 bits per heavy atom. The fraction of sp³-hybridized carbons (Fsp3) is 0.625. The second-order valence-electron chi connectivity index (χ2n) is 6.50. The quantitative estimate of drug-likeness (QED) is 0.849. The third-order valence-corrected chi connectivity index (χ3v) is 4.80. The van der Waals surface area contributed by atoms with Crippen LogP contribution in [-0.4, -0.2) is 57.3 Å². The van der Waals surface area contributed by atoms with Gasteiger partial charge in [-0.25, -0.2) is 9.97 Å². The summed E-state index contributed by atoms with van der Waals surface area (Å²) in [6.45, 7) is 5.07. The highest BCUT2D eigenvalue weighted by atomic mass is 16.2. The molecule has 2 amide bonds. The summed E-state index contributed by atoms with van der Waals surface area (Å²) in [5, 5.41) is 0. The molecule has 0 saturated carbocycles. The van der Waals surface area contributed by atoms with Crippen molar-refractivity contribution in [1.29, 1.82) is 0 Å². The predicted octanol–water partition coefficient (Wildman–Crippen LogP) is 0.0832. The monoisotopic (exact) mass is 317 g/mol. The largest absolute Gasteiger partial charge is 0.369 e. The number of primary amides is 1. The Kier molecular flexibility index (Phi) is 4.56. The molecule has 3 heterocycles. The number of hydrogen-bond donors (Lipinski definition) is 1. The van der Waals surface area contributed by atoms with Crippen molar-refractivity contribution in [3.63, 3.8) is 0 Å². The van der Waals surface area contributed by atoms with Gasteiger partial charge in [-0.15, -0.1) is 0 Å². The van der Waals surface area contributed by atoms with Gasteiger partial charge in [-0.05, 0) is 19.8 Å². The van der Waals surface area contributed by atoms with Crippen LogP contribution in [0.1, 0.15) is 30.7 Å². The topological polar surface area (TPSA) is 92.4 Å². The first-order valence-electron chi connectivity index (χ1n) is 8.11. The van der Waals surface area contributed by atoms with E-state index in [1.165, 1.54) is 0 Å². The van der Waals surface area contributed by atoms with Gasteiger partial charge < -0.3 is 10.6 Å². The second kappa shape index (κ2) is 6.62. The molecule has 1 unspecified atom stereocenters. The van der Waals surface area contributed by atoms with E-state index in [1.54, 1.807) is 0 Å². The Labute approximate surface area is 135 Å². The van der Waals surface area contributed by atoms with Crippen molar-refractivity contribution < 1.29 is 9.59 Å². The number of rotatable bonds is 4. The molecule has 2 N–H and O–H groups in total. The first-order chi connectivity index (χ1) is 11.0. The minimum absolute atomic E-state index is 0.0687. The lowest BCUT2D eigenvalue weighted by atomic mass is 10.0. The number of hydrogen-bond acceptors (Lipinski definition) is 5. The van der Waals surface area contributed by atoms with Crippen molar-refractivity contribution in [2.45, 2.75) is 38.8 Å². The zero-order chi connectivity index (χ0) is 16.4. The first-order valence-corrected chi connectivity index (χ1v) is 8.11. The Hall–Kier alpha value is -2.02. The van der Waals surface area contributed by atoms with Crippen molar-refractivity contribution in [3.8, 4) is 0 Å². The number of aromatic nitrogens is 2. The van der Waals surface area contributed by atoms with Crippen LogP contribution in [-0.2, 0) is 16.1 Å². The van der Waals surface area contributed by atoms with E-state index in [4.69, 9.17) is 5.73 Å². The van der Waals surface area contributed by atoms with Crippen LogP contribution in [0.2, 0.25) is 0 Å². The van der Waals surface area contributed by atoms with Crippen LogP contribution in [0.3, 0.4) is 0 Å². The molecule has 2 saturated heterocycles. The maximum atomic E-state index is 12.1. The normalized spacial score (nSPS) is 23.4. The van der Waals surface area contributed by atoms with Crippen molar-refractivity contribution in [3.05, 3.63) is 23.8 Å². The standard InChI is InChI=1S/C16H23N5O2/c1-11-18-7-12(8-19-11)9-20-4-2-14(3-5-20)21-10-13(16(17)23)6-15(21)22/h7-8,13-14H,2-6,9-10H2,1H3,(H2,17,23). The van der Waals surface area contributed by atoms with E-state index in [-0.39, 0.29) is 30.2 Å². The van der Waals surface area contributed by atoms with Gasteiger partial charge in [-0.2, -0.15) is 0 Å². The highest BCUT2D eigenvalue weighted by Gasteiger charge is 2.37. The van der Waals surface area contributed by atoms with Crippen LogP contribution in [0.4, 0.5) is 0 Å². The molecule has 7 heteroatoms. The van der Waals surface area contributed by atoms with Gasteiger partial charge in [0, 0.05) is 56.6 Å². The Bertz CT molecular complexity index is 581. The van der Waals surface area contributed by atoms with Gasteiger partial charge in [0.25, 0.3) is 0 Å². The minimum atomic E-state index is -0.363. The van der Waals surface area contributed by atoms with Crippen LogP contribution in [0, 0.1) is 12.8 Å². The molecule has 3 rings (SSSR count). The van der Waals surface area contributed by atoms with Crippen molar-refractivity contribution in [2.24, 2.45) is 11.7 Å².